The van der Waals surface area contributed by atoms with Crippen LogP contribution < -0.4 is 5.56 Å². The van der Waals surface area contributed by atoms with Gasteiger partial charge < -0.3 is 4.98 Å². The maximum atomic E-state index is 12.8. The van der Waals surface area contributed by atoms with Crippen molar-refractivity contribution in [2.45, 2.75) is 0 Å². The molecule has 2 aromatic rings. The van der Waals surface area contributed by atoms with Gasteiger partial charge >= 0.3 is 0 Å². The molecule has 0 saturated heterocycles. The summed E-state index contributed by atoms with van der Waals surface area (Å²) in [6, 6.07) is 0. The first-order valence-electron chi connectivity index (χ1n) is 2.98. The van der Waals surface area contributed by atoms with E-state index in [1.807, 2.05) is 0 Å². The van der Waals surface area contributed by atoms with Crippen molar-refractivity contribution < 1.29 is 4.39 Å². The number of fused-ring (bicyclic) bond motifs is 1. The normalized spacial score (nSPS) is 10.8. The molecule has 62 valence electrons. The molecule has 0 aromatic carbocycles. The van der Waals surface area contributed by atoms with Crippen LogP contribution in [0, 0.1) is 9.52 Å². The average molecular weight is 280 g/mol. The fraction of sp³-hybridized carbons (Fsp3) is 0. The summed E-state index contributed by atoms with van der Waals surface area (Å²) in [5.74, 6) is -0.681. The van der Waals surface area contributed by atoms with E-state index >= 15 is 0 Å². The summed E-state index contributed by atoms with van der Waals surface area (Å²) in [5, 5.41) is 7.01. The molecular weight excluding hydrogens is 278 g/mol. The molecule has 5 nitrogen and oxygen atoms in total. The number of hydrogen-bond acceptors (Lipinski definition) is 3. The summed E-state index contributed by atoms with van der Waals surface area (Å²) in [5.41, 5.74) is -0.263. The van der Waals surface area contributed by atoms with Crippen molar-refractivity contribution in [2.24, 2.45) is 0 Å². The Morgan fingerprint density at radius 1 is 1.67 bits per heavy atom. The zero-order valence-electron chi connectivity index (χ0n) is 5.58. The minimum atomic E-state index is -0.681. The van der Waals surface area contributed by atoms with Crippen molar-refractivity contribution in [3.05, 3.63) is 26.2 Å². The highest BCUT2D eigenvalue weighted by Gasteiger charge is 2.12. The molecule has 0 bridgehead atoms. The third kappa shape index (κ3) is 0.924. The molecule has 2 rings (SSSR count). The minimum Gasteiger partial charge on any atom is -0.310 e. The number of nitrogens with zero attached hydrogens (tertiary/aromatic N) is 3. The van der Waals surface area contributed by atoms with Crippen molar-refractivity contribution in [2.75, 3.05) is 0 Å². The van der Waals surface area contributed by atoms with E-state index in [0.29, 0.717) is 0 Å². The van der Waals surface area contributed by atoms with Gasteiger partial charge in [0.2, 0.25) is 5.95 Å². The van der Waals surface area contributed by atoms with Gasteiger partial charge in [-0.3, -0.25) is 4.79 Å². The molecule has 0 atom stereocenters. The molecule has 0 aliphatic rings. The predicted octanol–water partition coefficient (Wildman–Crippen LogP) is 0.161. The van der Waals surface area contributed by atoms with E-state index in [4.69, 9.17) is 0 Å². The van der Waals surface area contributed by atoms with E-state index in [-0.39, 0.29) is 9.09 Å². The quantitative estimate of drug-likeness (QED) is 0.699. The Hall–Kier alpha value is -0.990. The second-order valence-electron chi connectivity index (χ2n) is 2.06. The first-order valence-corrected chi connectivity index (χ1v) is 4.05. The third-order valence-corrected chi connectivity index (χ3v) is 2.31. The van der Waals surface area contributed by atoms with Gasteiger partial charge in [-0.15, -0.1) is 14.8 Å². The van der Waals surface area contributed by atoms with Gasteiger partial charge in [0.1, 0.15) is 9.90 Å². The lowest BCUT2D eigenvalue weighted by Crippen LogP contribution is -2.11. The van der Waals surface area contributed by atoms with Crippen LogP contribution in [0.15, 0.2) is 11.1 Å². The van der Waals surface area contributed by atoms with Gasteiger partial charge in [0, 0.05) is 0 Å². The summed E-state index contributed by atoms with van der Waals surface area (Å²) in [7, 11) is 0. The lowest BCUT2D eigenvalue weighted by atomic mass is 10.5. The van der Waals surface area contributed by atoms with Crippen LogP contribution in [0.4, 0.5) is 4.39 Å². The van der Waals surface area contributed by atoms with Crippen molar-refractivity contribution in [1.29, 1.82) is 0 Å². The minimum absolute atomic E-state index is 0.135. The Morgan fingerprint density at radius 3 is 3.08 bits per heavy atom. The van der Waals surface area contributed by atoms with E-state index in [1.54, 1.807) is 22.6 Å². The summed E-state index contributed by atoms with van der Waals surface area (Å²) >= 11 is 1.71. The lowest BCUT2D eigenvalue weighted by molar-refractivity contribution is 0.553. The number of halogens is 2. The van der Waals surface area contributed by atoms with Crippen LogP contribution in [0.1, 0.15) is 0 Å². The number of aromatic nitrogens is 4. The van der Waals surface area contributed by atoms with E-state index in [1.165, 1.54) is 0 Å². The summed E-state index contributed by atoms with van der Waals surface area (Å²) in [4.78, 5) is 13.4. The third-order valence-electron chi connectivity index (χ3n) is 1.35. The highest BCUT2D eigenvalue weighted by atomic mass is 127. The molecule has 12 heavy (non-hydrogen) atoms. The molecule has 0 aliphatic carbocycles. The van der Waals surface area contributed by atoms with E-state index in [2.05, 4.69) is 15.2 Å². The first-order chi connectivity index (χ1) is 5.70. The van der Waals surface area contributed by atoms with Gasteiger partial charge in [-0.25, -0.2) is 0 Å². The predicted molar refractivity (Wildman–Crippen MR) is 46.3 cm³/mol. The number of rotatable bonds is 0. The summed E-state index contributed by atoms with van der Waals surface area (Å²) < 4.78 is 13.9. The molecule has 7 heteroatoms. The van der Waals surface area contributed by atoms with Crippen LogP contribution in [0.5, 0.6) is 0 Å². The highest BCUT2D eigenvalue weighted by Crippen LogP contribution is 2.11. The van der Waals surface area contributed by atoms with Crippen LogP contribution in [0.2, 0.25) is 0 Å². The van der Waals surface area contributed by atoms with Crippen LogP contribution >= 0.6 is 22.6 Å². The van der Waals surface area contributed by atoms with Crippen LogP contribution in [-0.2, 0) is 0 Å². The average Bonchev–Trinajstić information content (AvgIpc) is 2.29. The van der Waals surface area contributed by atoms with Crippen molar-refractivity contribution in [3.63, 3.8) is 0 Å². The van der Waals surface area contributed by atoms with Gasteiger partial charge in [-0.05, 0) is 22.6 Å². The topological polar surface area (TPSA) is 63.0 Å². The van der Waals surface area contributed by atoms with Crippen LogP contribution in [0.3, 0.4) is 0 Å². The number of H-pyrrole nitrogens is 1. The summed E-state index contributed by atoms with van der Waals surface area (Å²) in [6.07, 6.45) is 1.16. The zero-order valence-corrected chi connectivity index (χ0v) is 7.74. The summed E-state index contributed by atoms with van der Waals surface area (Å²) in [6.45, 7) is 0. The number of nitrogens with one attached hydrogen (secondary N) is 1. The first kappa shape index (κ1) is 7.65. The van der Waals surface area contributed by atoms with Crippen molar-refractivity contribution in [1.82, 2.24) is 19.8 Å². The lowest BCUT2D eigenvalue weighted by Gasteiger charge is -1.86. The number of hydrogen-bond donors (Lipinski definition) is 1. The standard InChI is InChI=1S/C5H2FIN4O/c6-4-2(7)3-5(12)8-1-9-11(3)10-4/h1H,(H,8,9,12). The van der Waals surface area contributed by atoms with Crippen LogP contribution in [0.25, 0.3) is 5.52 Å². The molecule has 0 amide bonds. The maximum absolute atomic E-state index is 12.8. The monoisotopic (exact) mass is 280 g/mol. The second-order valence-corrected chi connectivity index (χ2v) is 3.14. The molecule has 0 fully saturated rings. The van der Waals surface area contributed by atoms with Crippen molar-refractivity contribution >= 4 is 28.1 Å². The Labute approximate surface area is 78.7 Å². The molecule has 0 spiro atoms. The Kier molecular flexibility index (Phi) is 1.60. The fourth-order valence-corrected chi connectivity index (χ4v) is 1.42. The molecular formula is C5H2FIN4O. The van der Waals surface area contributed by atoms with Gasteiger partial charge in [0.05, 0.1) is 0 Å². The van der Waals surface area contributed by atoms with Crippen molar-refractivity contribution in [3.8, 4) is 0 Å². The zero-order chi connectivity index (χ0) is 8.72. The second kappa shape index (κ2) is 2.51. The fourth-order valence-electron chi connectivity index (χ4n) is 0.847. The Morgan fingerprint density at radius 2 is 2.42 bits per heavy atom. The molecule has 0 aliphatic heterocycles. The van der Waals surface area contributed by atoms with Gasteiger partial charge in [-0.2, -0.15) is 4.39 Å². The van der Waals surface area contributed by atoms with Gasteiger partial charge in [0.15, 0.2) is 5.52 Å². The maximum Gasteiger partial charge on any atom is 0.278 e. The van der Waals surface area contributed by atoms with E-state index < -0.39 is 11.5 Å². The van der Waals surface area contributed by atoms with Gasteiger partial charge in [0.25, 0.3) is 5.56 Å². The van der Waals surface area contributed by atoms with Crippen LogP contribution in [-0.4, -0.2) is 19.8 Å². The Bertz CT molecular complexity index is 490. The van der Waals surface area contributed by atoms with Gasteiger partial charge in [-0.1, -0.05) is 0 Å². The molecule has 0 unspecified atom stereocenters. The molecule has 1 N–H and O–H groups in total. The number of aromatic amines is 1. The Balaban J connectivity index is 3.07. The smallest absolute Gasteiger partial charge is 0.278 e. The largest absolute Gasteiger partial charge is 0.310 e. The molecule has 0 saturated carbocycles. The molecule has 0 radical (unpaired) electrons. The van der Waals surface area contributed by atoms with E-state index in [0.717, 1.165) is 11.0 Å². The van der Waals surface area contributed by atoms with E-state index in [9.17, 15) is 9.18 Å². The molecule has 2 aromatic heterocycles. The molecule has 2 heterocycles. The SMILES string of the molecule is O=c1[nH]cnn2nc(F)c(I)c12. The highest BCUT2D eigenvalue weighted by molar-refractivity contribution is 14.1.